The Labute approximate surface area is 130 Å². The van der Waals surface area contributed by atoms with Gasteiger partial charge in [-0.05, 0) is 45.0 Å². The number of amides is 1. The minimum absolute atomic E-state index is 0.0635. The summed E-state index contributed by atoms with van der Waals surface area (Å²) in [4.78, 5) is 23.7. The number of rotatable bonds is 8. The van der Waals surface area contributed by atoms with Gasteiger partial charge in [-0.1, -0.05) is 0 Å². The highest BCUT2D eigenvalue weighted by atomic mass is 16.5. The van der Waals surface area contributed by atoms with Gasteiger partial charge in [0.25, 0.3) is 5.91 Å². The Balaban J connectivity index is 2.51. The summed E-state index contributed by atoms with van der Waals surface area (Å²) in [5, 5.41) is 2.61. The minimum atomic E-state index is -0.865. The Morgan fingerprint density at radius 2 is 1.77 bits per heavy atom. The maximum Gasteiger partial charge on any atom is 0.338 e. The maximum atomic E-state index is 12.0. The molecule has 0 radical (unpaired) electrons. The first kappa shape index (κ1) is 18.0. The van der Waals surface area contributed by atoms with Crippen LogP contribution in [-0.4, -0.2) is 44.3 Å². The van der Waals surface area contributed by atoms with Crippen LogP contribution in [0.3, 0.4) is 0 Å². The molecular formula is C16H23NO5. The van der Waals surface area contributed by atoms with Gasteiger partial charge in [-0.25, -0.2) is 4.79 Å². The van der Waals surface area contributed by atoms with Crippen LogP contribution in [0.2, 0.25) is 0 Å². The van der Waals surface area contributed by atoms with Crippen LogP contribution in [0, 0.1) is 0 Å². The predicted octanol–water partition coefficient (Wildman–Crippen LogP) is 1.78. The minimum Gasteiger partial charge on any atom is -0.491 e. The van der Waals surface area contributed by atoms with Crippen molar-refractivity contribution in [2.75, 3.05) is 20.3 Å². The molecule has 1 amide bonds. The monoisotopic (exact) mass is 309 g/mol. The molecule has 0 aliphatic carbocycles. The standard InChI is InChI=1S/C16H23NO5/c1-11(2)21-14-7-5-13(6-8-14)16(19)22-12(3)15(18)17-9-10-20-4/h5-8,11-12H,9-10H2,1-4H3,(H,17,18)/t12-/m1/s1. The highest BCUT2D eigenvalue weighted by Gasteiger charge is 2.18. The number of hydrogen-bond donors (Lipinski definition) is 1. The van der Waals surface area contributed by atoms with Gasteiger partial charge in [0, 0.05) is 13.7 Å². The highest BCUT2D eigenvalue weighted by Crippen LogP contribution is 2.15. The molecule has 6 nitrogen and oxygen atoms in total. The fourth-order valence-corrected chi connectivity index (χ4v) is 1.64. The molecule has 1 atom stereocenters. The second kappa shape index (κ2) is 9.04. The van der Waals surface area contributed by atoms with Crippen LogP contribution in [0.4, 0.5) is 0 Å². The number of carbonyl (C=O) groups is 2. The second-order valence-electron chi connectivity index (χ2n) is 5.02. The van der Waals surface area contributed by atoms with Gasteiger partial charge in [-0.2, -0.15) is 0 Å². The van der Waals surface area contributed by atoms with E-state index in [4.69, 9.17) is 14.2 Å². The summed E-state index contributed by atoms with van der Waals surface area (Å²) >= 11 is 0. The van der Waals surface area contributed by atoms with Gasteiger partial charge in [0.15, 0.2) is 6.10 Å². The molecule has 0 saturated carbocycles. The molecule has 0 spiro atoms. The maximum absolute atomic E-state index is 12.0. The molecule has 6 heteroatoms. The molecule has 0 fully saturated rings. The van der Waals surface area contributed by atoms with Crippen molar-refractivity contribution in [1.29, 1.82) is 0 Å². The Morgan fingerprint density at radius 1 is 1.14 bits per heavy atom. The number of nitrogens with one attached hydrogen (secondary N) is 1. The average Bonchev–Trinajstić information content (AvgIpc) is 2.47. The third kappa shape index (κ3) is 6.13. The molecule has 1 rings (SSSR count). The summed E-state index contributed by atoms with van der Waals surface area (Å²) in [6.45, 7) is 6.15. The van der Waals surface area contributed by atoms with Crippen molar-refractivity contribution in [2.24, 2.45) is 0 Å². The number of methoxy groups -OCH3 is 1. The molecule has 0 saturated heterocycles. The summed E-state index contributed by atoms with van der Waals surface area (Å²) in [6.07, 6.45) is -0.801. The predicted molar refractivity (Wildman–Crippen MR) is 82.0 cm³/mol. The van der Waals surface area contributed by atoms with Crippen molar-refractivity contribution in [1.82, 2.24) is 5.32 Å². The van der Waals surface area contributed by atoms with Crippen molar-refractivity contribution in [3.8, 4) is 5.75 Å². The number of carbonyl (C=O) groups excluding carboxylic acids is 2. The van der Waals surface area contributed by atoms with E-state index in [1.54, 1.807) is 31.4 Å². The Bertz CT molecular complexity index is 484. The van der Waals surface area contributed by atoms with Crippen LogP contribution in [-0.2, 0) is 14.3 Å². The van der Waals surface area contributed by atoms with Gasteiger partial charge in [-0.15, -0.1) is 0 Å². The summed E-state index contributed by atoms with van der Waals surface area (Å²) < 4.78 is 15.4. The number of benzene rings is 1. The molecule has 22 heavy (non-hydrogen) atoms. The van der Waals surface area contributed by atoms with Gasteiger partial charge >= 0.3 is 5.97 Å². The summed E-state index contributed by atoms with van der Waals surface area (Å²) in [5.74, 6) is -0.229. The summed E-state index contributed by atoms with van der Waals surface area (Å²) in [5.41, 5.74) is 0.368. The molecular weight excluding hydrogens is 286 g/mol. The van der Waals surface area contributed by atoms with E-state index in [0.29, 0.717) is 24.5 Å². The molecule has 0 aliphatic heterocycles. The van der Waals surface area contributed by atoms with E-state index in [-0.39, 0.29) is 12.0 Å². The molecule has 0 bridgehead atoms. The van der Waals surface area contributed by atoms with Gasteiger partial charge in [0.1, 0.15) is 5.75 Å². The lowest BCUT2D eigenvalue weighted by Gasteiger charge is -2.14. The first-order valence-electron chi connectivity index (χ1n) is 7.18. The van der Waals surface area contributed by atoms with E-state index in [9.17, 15) is 9.59 Å². The second-order valence-corrected chi connectivity index (χ2v) is 5.02. The van der Waals surface area contributed by atoms with Crippen molar-refractivity contribution in [2.45, 2.75) is 33.0 Å². The molecule has 0 unspecified atom stereocenters. The quantitative estimate of drug-likeness (QED) is 0.585. The lowest BCUT2D eigenvalue weighted by molar-refractivity contribution is -0.129. The zero-order valence-corrected chi connectivity index (χ0v) is 13.4. The molecule has 0 heterocycles. The number of esters is 1. The van der Waals surface area contributed by atoms with E-state index < -0.39 is 12.1 Å². The smallest absolute Gasteiger partial charge is 0.338 e. The zero-order chi connectivity index (χ0) is 16.5. The van der Waals surface area contributed by atoms with Gasteiger partial charge in [0.05, 0.1) is 18.3 Å². The third-order valence-electron chi connectivity index (χ3n) is 2.72. The molecule has 1 aromatic rings. The lowest BCUT2D eigenvalue weighted by Crippen LogP contribution is -2.37. The van der Waals surface area contributed by atoms with Gasteiger partial charge in [0.2, 0.25) is 0 Å². The fourth-order valence-electron chi connectivity index (χ4n) is 1.64. The van der Waals surface area contributed by atoms with E-state index in [1.807, 2.05) is 13.8 Å². The highest BCUT2D eigenvalue weighted by molar-refractivity contribution is 5.92. The van der Waals surface area contributed by atoms with Crippen LogP contribution >= 0.6 is 0 Å². The van der Waals surface area contributed by atoms with Crippen LogP contribution in [0.25, 0.3) is 0 Å². The Kier molecular flexibility index (Phi) is 7.39. The fraction of sp³-hybridized carbons (Fsp3) is 0.500. The molecule has 1 N–H and O–H groups in total. The van der Waals surface area contributed by atoms with Crippen molar-refractivity contribution in [3.63, 3.8) is 0 Å². The zero-order valence-electron chi connectivity index (χ0n) is 13.4. The molecule has 0 aromatic heterocycles. The van der Waals surface area contributed by atoms with Crippen molar-refractivity contribution < 1.29 is 23.8 Å². The van der Waals surface area contributed by atoms with E-state index >= 15 is 0 Å². The number of ether oxygens (including phenoxy) is 3. The number of hydrogen-bond acceptors (Lipinski definition) is 5. The first-order chi connectivity index (χ1) is 10.4. The molecule has 122 valence electrons. The van der Waals surface area contributed by atoms with Crippen LogP contribution in [0.1, 0.15) is 31.1 Å². The third-order valence-corrected chi connectivity index (χ3v) is 2.72. The summed E-state index contributed by atoms with van der Waals surface area (Å²) in [7, 11) is 1.54. The van der Waals surface area contributed by atoms with Crippen LogP contribution < -0.4 is 10.1 Å². The van der Waals surface area contributed by atoms with Crippen LogP contribution in [0.5, 0.6) is 5.75 Å². The Hall–Kier alpha value is -2.08. The van der Waals surface area contributed by atoms with Gasteiger partial charge in [-0.3, -0.25) is 4.79 Å². The largest absolute Gasteiger partial charge is 0.491 e. The average molecular weight is 309 g/mol. The van der Waals surface area contributed by atoms with E-state index in [1.165, 1.54) is 6.92 Å². The molecule has 0 aliphatic rings. The lowest BCUT2D eigenvalue weighted by atomic mass is 10.2. The van der Waals surface area contributed by atoms with Crippen molar-refractivity contribution in [3.05, 3.63) is 29.8 Å². The topological polar surface area (TPSA) is 73.9 Å². The van der Waals surface area contributed by atoms with E-state index in [0.717, 1.165) is 0 Å². The van der Waals surface area contributed by atoms with Crippen molar-refractivity contribution >= 4 is 11.9 Å². The molecule has 1 aromatic carbocycles. The first-order valence-corrected chi connectivity index (χ1v) is 7.18. The summed E-state index contributed by atoms with van der Waals surface area (Å²) in [6, 6.07) is 6.60. The SMILES string of the molecule is COCCNC(=O)[C@@H](C)OC(=O)c1ccc(OC(C)C)cc1. The van der Waals surface area contributed by atoms with Gasteiger partial charge < -0.3 is 19.5 Å². The Morgan fingerprint density at radius 3 is 2.32 bits per heavy atom. The van der Waals surface area contributed by atoms with E-state index in [2.05, 4.69) is 5.32 Å². The van der Waals surface area contributed by atoms with Crippen LogP contribution in [0.15, 0.2) is 24.3 Å². The normalized spacial score (nSPS) is 11.9.